The smallest absolute Gasteiger partial charge is 0.411 e. The first kappa shape index (κ1) is 18.5. The number of nitrogens with zero attached hydrogens (tertiary/aromatic N) is 1. The van der Waals surface area contributed by atoms with Gasteiger partial charge in [-0.1, -0.05) is 60.2 Å². The SMILES string of the molecule is Cc1ccc([C@H](C)N2CC[C@](CC(C)O)(c3ccccc3)OC2=O)cc1. The summed E-state index contributed by atoms with van der Waals surface area (Å²) >= 11 is 0. The summed E-state index contributed by atoms with van der Waals surface area (Å²) in [6.45, 7) is 6.40. The van der Waals surface area contributed by atoms with E-state index in [0.717, 1.165) is 11.1 Å². The Morgan fingerprint density at radius 3 is 2.35 bits per heavy atom. The molecule has 1 saturated heterocycles. The molecule has 1 aliphatic rings. The number of benzene rings is 2. The topological polar surface area (TPSA) is 49.8 Å². The van der Waals surface area contributed by atoms with Crippen molar-refractivity contribution >= 4 is 6.09 Å². The summed E-state index contributed by atoms with van der Waals surface area (Å²) < 4.78 is 5.98. The van der Waals surface area contributed by atoms with Crippen LogP contribution in [0.5, 0.6) is 0 Å². The molecule has 2 aromatic carbocycles. The second-order valence-electron chi connectivity index (χ2n) is 7.31. The molecule has 2 aromatic rings. The van der Waals surface area contributed by atoms with Crippen molar-refractivity contribution in [3.05, 3.63) is 71.3 Å². The van der Waals surface area contributed by atoms with Crippen molar-refractivity contribution in [1.82, 2.24) is 4.90 Å². The standard InChI is InChI=1S/C22H27NO3/c1-16-9-11-19(12-10-16)18(3)23-14-13-22(15-17(2)24,26-21(23)25)20-7-5-4-6-8-20/h4-12,17-18,24H,13-15H2,1-3H3/t17?,18-,22-/m0/s1. The third kappa shape index (κ3) is 3.75. The summed E-state index contributed by atoms with van der Waals surface area (Å²) in [6, 6.07) is 17.9. The monoisotopic (exact) mass is 353 g/mol. The molecule has 0 aromatic heterocycles. The van der Waals surface area contributed by atoms with E-state index >= 15 is 0 Å². The summed E-state index contributed by atoms with van der Waals surface area (Å²) in [5.74, 6) is 0. The number of hydrogen-bond donors (Lipinski definition) is 1. The lowest BCUT2D eigenvalue weighted by molar-refractivity contribution is -0.0815. The Morgan fingerprint density at radius 2 is 1.77 bits per heavy atom. The second-order valence-corrected chi connectivity index (χ2v) is 7.31. The predicted octanol–water partition coefficient (Wildman–Crippen LogP) is 4.56. The van der Waals surface area contributed by atoms with Gasteiger partial charge >= 0.3 is 6.09 Å². The van der Waals surface area contributed by atoms with Crippen LogP contribution in [0.2, 0.25) is 0 Å². The van der Waals surface area contributed by atoms with Crippen LogP contribution in [0, 0.1) is 6.92 Å². The molecule has 1 N–H and O–H groups in total. The van der Waals surface area contributed by atoms with Crippen molar-refractivity contribution in [3.63, 3.8) is 0 Å². The number of carbonyl (C=O) groups is 1. The van der Waals surface area contributed by atoms with Crippen LogP contribution in [0.15, 0.2) is 54.6 Å². The molecule has 1 aliphatic heterocycles. The Bertz CT molecular complexity index is 742. The minimum absolute atomic E-state index is 0.0524. The van der Waals surface area contributed by atoms with Gasteiger partial charge in [-0.25, -0.2) is 4.79 Å². The van der Waals surface area contributed by atoms with Crippen LogP contribution in [-0.4, -0.2) is 28.7 Å². The van der Waals surface area contributed by atoms with E-state index in [1.54, 1.807) is 11.8 Å². The first-order valence-corrected chi connectivity index (χ1v) is 9.21. The lowest BCUT2D eigenvalue weighted by Crippen LogP contribution is -2.49. The van der Waals surface area contributed by atoms with E-state index in [4.69, 9.17) is 4.74 Å². The van der Waals surface area contributed by atoms with Crippen molar-refractivity contribution < 1.29 is 14.6 Å². The normalized spacial score (nSPS) is 22.6. The average Bonchev–Trinajstić information content (AvgIpc) is 2.62. The highest BCUT2D eigenvalue weighted by Crippen LogP contribution is 2.40. The number of cyclic esters (lactones) is 1. The fourth-order valence-corrected chi connectivity index (χ4v) is 3.73. The number of rotatable bonds is 5. The molecule has 1 heterocycles. The quantitative estimate of drug-likeness (QED) is 0.857. The van der Waals surface area contributed by atoms with Gasteiger partial charge in [0, 0.05) is 19.4 Å². The maximum absolute atomic E-state index is 12.9. The zero-order chi connectivity index (χ0) is 18.7. The third-order valence-corrected chi connectivity index (χ3v) is 5.23. The molecule has 0 aliphatic carbocycles. The van der Waals surface area contributed by atoms with E-state index < -0.39 is 11.7 Å². The highest BCUT2D eigenvalue weighted by molar-refractivity contribution is 5.70. The molecule has 0 radical (unpaired) electrons. The predicted molar refractivity (Wildman–Crippen MR) is 102 cm³/mol. The Morgan fingerprint density at radius 1 is 1.12 bits per heavy atom. The molecule has 1 fully saturated rings. The number of aliphatic hydroxyl groups excluding tert-OH is 1. The van der Waals surface area contributed by atoms with E-state index in [1.807, 2.05) is 44.2 Å². The van der Waals surface area contributed by atoms with Crippen LogP contribution < -0.4 is 0 Å². The van der Waals surface area contributed by atoms with E-state index in [9.17, 15) is 9.90 Å². The van der Waals surface area contributed by atoms with E-state index in [0.29, 0.717) is 19.4 Å². The number of aliphatic hydroxyl groups is 1. The van der Waals surface area contributed by atoms with Crippen LogP contribution >= 0.6 is 0 Å². The molecular weight excluding hydrogens is 326 g/mol. The fraction of sp³-hybridized carbons (Fsp3) is 0.409. The number of carbonyl (C=O) groups excluding carboxylic acids is 1. The Balaban J connectivity index is 1.83. The first-order chi connectivity index (χ1) is 12.4. The highest BCUT2D eigenvalue weighted by Gasteiger charge is 2.44. The maximum Gasteiger partial charge on any atom is 0.411 e. The van der Waals surface area contributed by atoms with Crippen LogP contribution in [0.1, 0.15) is 49.4 Å². The van der Waals surface area contributed by atoms with Crippen molar-refractivity contribution in [2.45, 2.75) is 51.4 Å². The number of hydrogen-bond acceptors (Lipinski definition) is 3. The molecule has 138 valence electrons. The zero-order valence-electron chi connectivity index (χ0n) is 15.7. The summed E-state index contributed by atoms with van der Waals surface area (Å²) in [7, 11) is 0. The molecule has 26 heavy (non-hydrogen) atoms. The molecule has 4 nitrogen and oxygen atoms in total. The van der Waals surface area contributed by atoms with Gasteiger partial charge in [-0.3, -0.25) is 0 Å². The molecular formula is C22H27NO3. The molecule has 1 unspecified atom stereocenters. The van der Waals surface area contributed by atoms with Gasteiger partial charge in [0.15, 0.2) is 0 Å². The summed E-state index contributed by atoms with van der Waals surface area (Å²) in [5, 5.41) is 9.99. The van der Waals surface area contributed by atoms with E-state index in [1.165, 1.54) is 5.56 Å². The lowest BCUT2D eigenvalue weighted by atomic mass is 9.84. The second kappa shape index (κ2) is 7.50. The zero-order valence-corrected chi connectivity index (χ0v) is 15.7. The lowest BCUT2D eigenvalue weighted by Gasteiger charge is -2.44. The molecule has 4 heteroatoms. The van der Waals surface area contributed by atoms with Crippen molar-refractivity contribution in [2.75, 3.05) is 6.54 Å². The van der Waals surface area contributed by atoms with Crippen LogP contribution in [-0.2, 0) is 10.3 Å². The highest BCUT2D eigenvalue weighted by atomic mass is 16.6. The van der Waals surface area contributed by atoms with Gasteiger partial charge in [0.25, 0.3) is 0 Å². The van der Waals surface area contributed by atoms with Gasteiger partial charge in [-0.05, 0) is 31.9 Å². The Kier molecular flexibility index (Phi) is 5.33. The average molecular weight is 353 g/mol. The molecule has 1 amide bonds. The molecule has 3 atom stereocenters. The summed E-state index contributed by atoms with van der Waals surface area (Å²) in [4.78, 5) is 14.6. The van der Waals surface area contributed by atoms with Crippen molar-refractivity contribution in [2.24, 2.45) is 0 Å². The van der Waals surface area contributed by atoms with Gasteiger partial charge < -0.3 is 14.7 Å². The van der Waals surface area contributed by atoms with Crippen molar-refractivity contribution in [3.8, 4) is 0 Å². The van der Waals surface area contributed by atoms with E-state index in [2.05, 4.69) is 24.3 Å². The van der Waals surface area contributed by atoms with Gasteiger partial charge in [-0.15, -0.1) is 0 Å². The third-order valence-electron chi connectivity index (χ3n) is 5.23. The number of aryl methyl sites for hydroxylation is 1. The van der Waals surface area contributed by atoms with Gasteiger partial charge in [0.05, 0.1) is 12.1 Å². The molecule has 0 spiro atoms. The molecule has 3 rings (SSSR count). The van der Waals surface area contributed by atoms with Gasteiger partial charge in [-0.2, -0.15) is 0 Å². The minimum Gasteiger partial charge on any atom is -0.438 e. The summed E-state index contributed by atoms with van der Waals surface area (Å²) in [5.41, 5.74) is 2.46. The van der Waals surface area contributed by atoms with Crippen LogP contribution in [0.4, 0.5) is 4.79 Å². The van der Waals surface area contributed by atoms with Gasteiger partial charge in [0.2, 0.25) is 0 Å². The maximum atomic E-state index is 12.9. The number of ether oxygens (including phenoxy) is 1. The fourth-order valence-electron chi connectivity index (χ4n) is 3.73. The van der Waals surface area contributed by atoms with E-state index in [-0.39, 0.29) is 12.1 Å². The van der Waals surface area contributed by atoms with Gasteiger partial charge in [0.1, 0.15) is 5.60 Å². The molecule has 0 bridgehead atoms. The van der Waals surface area contributed by atoms with Crippen molar-refractivity contribution in [1.29, 1.82) is 0 Å². The Hall–Kier alpha value is -2.33. The largest absolute Gasteiger partial charge is 0.438 e. The summed E-state index contributed by atoms with van der Waals surface area (Å²) in [6.07, 6.45) is 0.178. The first-order valence-electron chi connectivity index (χ1n) is 9.21. The van der Waals surface area contributed by atoms with Crippen LogP contribution in [0.25, 0.3) is 0 Å². The Labute approximate surface area is 155 Å². The van der Waals surface area contributed by atoms with Crippen LogP contribution in [0.3, 0.4) is 0 Å². The molecule has 0 saturated carbocycles. The number of amides is 1. The minimum atomic E-state index is -0.768.